The number of carbonyl (C=O) groups is 2. The fourth-order valence-electron chi connectivity index (χ4n) is 3.85. The summed E-state index contributed by atoms with van der Waals surface area (Å²) in [7, 11) is 3.18. The minimum Gasteiger partial charge on any atom is -0.496 e. The van der Waals surface area contributed by atoms with Crippen molar-refractivity contribution in [3.8, 4) is 11.5 Å². The molecule has 0 fully saturated rings. The number of amides is 2. The maximum Gasteiger partial charge on any atom is 0.246 e. The molecule has 0 aliphatic heterocycles. The van der Waals surface area contributed by atoms with Gasteiger partial charge in [0.1, 0.15) is 23.6 Å². The SMILES string of the molecule is COc1cc(C)nc2c(OCc3c(Cl)ccc(N(C)C(=O)CNC(=O)C=Cc4cccnc4)c3Cl)cccc12.Cl.Cl. The van der Waals surface area contributed by atoms with Crippen molar-refractivity contribution in [1.29, 1.82) is 0 Å². The van der Waals surface area contributed by atoms with Gasteiger partial charge in [-0.1, -0.05) is 35.3 Å². The summed E-state index contributed by atoms with van der Waals surface area (Å²) in [6.07, 6.45) is 6.22. The number of nitrogens with zero attached hydrogens (tertiary/aromatic N) is 3. The Balaban J connectivity index is 0.00000294. The number of ether oxygens (including phenoxy) is 2. The van der Waals surface area contributed by atoms with Crippen molar-refractivity contribution in [3.05, 3.63) is 93.9 Å². The van der Waals surface area contributed by atoms with E-state index in [0.29, 0.717) is 33.3 Å². The average molecular weight is 638 g/mol. The van der Waals surface area contributed by atoms with Crippen molar-refractivity contribution in [3.63, 3.8) is 0 Å². The van der Waals surface area contributed by atoms with E-state index in [-0.39, 0.29) is 48.9 Å². The maximum absolute atomic E-state index is 12.8. The summed E-state index contributed by atoms with van der Waals surface area (Å²) in [5.41, 5.74) is 3.15. The number of aryl methyl sites for hydroxylation is 1. The first-order valence-electron chi connectivity index (χ1n) is 11.9. The second-order valence-electron chi connectivity index (χ2n) is 8.56. The third-order valence-electron chi connectivity index (χ3n) is 5.91. The van der Waals surface area contributed by atoms with Crippen LogP contribution in [-0.4, -0.2) is 42.5 Å². The number of rotatable bonds is 9. The number of aromatic nitrogens is 2. The molecule has 2 heterocycles. The molecular weight excluding hydrogens is 610 g/mol. The molecule has 4 rings (SSSR count). The maximum atomic E-state index is 12.8. The number of pyridine rings is 2. The minimum absolute atomic E-state index is 0. The van der Waals surface area contributed by atoms with Gasteiger partial charge in [-0.3, -0.25) is 14.6 Å². The van der Waals surface area contributed by atoms with E-state index in [2.05, 4.69) is 15.3 Å². The topological polar surface area (TPSA) is 93.7 Å². The summed E-state index contributed by atoms with van der Waals surface area (Å²) in [5, 5.41) is 4.05. The predicted molar refractivity (Wildman–Crippen MR) is 168 cm³/mol. The van der Waals surface area contributed by atoms with Crippen molar-refractivity contribution in [1.82, 2.24) is 15.3 Å². The van der Waals surface area contributed by atoms with Gasteiger partial charge in [0.25, 0.3) is 0 Å². The summed E-state index contributed by atoms with van der Waals surface area (Å²) < 4.78 is 11.6. The van der Waals surface area contributed by atoms with E-state index in [1.807, 2.05) is 31.2 Å². The standard InChI is InChI=1S/C29H26Cl2N4O4.2ClH/c1-18-14-25(38-3)20-7-4-8-24(29(20)34-18)39-17-21-22(30)10-11-23(28(21)31)35(2)27(37)16-33-26(36)12-9-19-6-5-13-32-15-19;;/h4-15H,16-17H2,1-3H3,(H,33,36);2*1H. The zero-order valence-electron chi connectivity index (χ0n) is 22.4. The van der Waals surface area contributed by atoms with E-state index in [4.69, 9.17) is 32.7 Å². The molecule has 0 atom stereocenters. The van der Waals surface area contributed by atoms with Crippen LogP contribution in [0.15, 0.2) is 67.0 Å². The van der Waals surface area contributed by atoms with Gasteiger partial charge >= 0.3 is 0 Å². The van der Waals surface area contributed by atoms with Crippen molar-refractivity contribution < 1.29 is 19.1 Å². The van der Waals surface area contributed by atoms with Crippen LogP contribution < -0.4 is 19.7 Å². The monoisotopic (exact) mass is 636 g/mol. The quantitative estimate of drug-likeness (QED) is 0.212. The van der Waals surface area contributed by atoms with Crippen LogP contribution in [0.4, 0.5) is 5.69 Å². The van der Waals surface area contributed by atoms with Crippen LogP contribution in [0.25, 0.3) is 17.0 Å². The number of likely N-dealkylation sites (N-methyl/N-ethyl adjacent to an activating group) is 1. The number of fused-ring (bicyclic) bond motifs is 1. The number of nitrogens with one attached hydrogen (secondary N) is 1. The number of anilines is 1. The molecule has 2 aromatic heterocycles. The number of halogens is 4. The van der Waals surface area contributed by atoms with Gasteiger partial charge in [-0.25, -0.2) is 4.98 Å². The normalized spacial score (nSPS) is 10.5. The molecule has 2 amide bonds. The molecule has 0 bridgehead atoms. The van der Waals surface area contributed by atoms with Gasteiger partial charge in [-0.2, -0.15) is 0 Å². The lowest BCUT2D eigenvalue weighted by atomic mass is 10.1. The van der Waals surface area contributed by atoms with E-state index in [1.54, 1.807) is 56.9 Å². The van der Waals surface area contributed by atoms with Crippen molar-refractivity contribution in [2.24, 2.45) is 0 Å². The molecule has 0 radical (unpaired) electrons. The van der Waals surface area contributed by atoms with Crippen LogP contribution in [-0.2, 0) is 16.2 Å². The van der Waals surface area contributed by atoms with Crippen molar-refractivity contribution in [2.45, 2.75) is 13.5 Å². The van der Waals surface area contributed by atoms with Gasteiger partial charge < -0.3 is 19.7 Å². The van der Waals surface area contributed by atoms with Crippen LogP contribution in [0.2, 0.25) is 10.0 Å². The van der Waals surface area contributed by atoms with E-state index in [1.165, 1.54) is 11.0 Å². The molecule has 12 heteroatoms. The molecule has 0 aliphatic rings. The molecule has 1 N–H and O–H groups in total. The largest absolute Gasteiger partial charge is 0.496 e. The predicted octanol–water partition coefficient (Wildman–Crippen LogP) is 6.47. The van der Waals surface area contributed by atoms with Gasteiger partial charge in [0.15, 0.2) is 0 Å². The highest BCUT2D eigenvalue weighted by Crippen LogP contribution is 2.36. The second-order valence-corrected chi connectivity index (χ2v) is 9.34. The summed E-state index contributed by atoms with van der Waals surface area (Å²) >= 11 is 13.2. The number of hydrogen-bond donors (Lipinski definition) is 1. The Kier molecular flexibility index (Phi) is 12.7. The molecule has 216 valence electrons. The van der Waals surface area contributed by atoms with Gasteiger partial charge in [0.2, 0.25) is 11.8 Å². The van der Waals surface area contributed by atoms with Crippen LogP contribution >= 0.6 is 48.0 Å². The van der Waals surface area contributed by atoms with Crippen LogP contribution in [0.3, 0.4) is 0 Å². The van der Waals surface area contributed by atoms with E-state index in [0.717, 1.165) is 16.6 Å². The molecule has 0 saturated carbocycles. The Labute approximate surface area is 260 Å². The molecule has 0 unspecified atom stereocenters. The van der Waals surface area contributed by atoms with E-state index in [9.17, 15) is 9.59 Å². The van der Waals surface area contributed by atoms with Crippen LogP contribution in [0.5, 0.6) is 11.5 Å². The van der Waals surface area contributed by atoms with Crippen molar-refractivity contribution >= 4 is 82.5 Å². The summed E-state index contributed by atoms with van der Waals surface area (Å²) in [6, 6.07) is 14.3. The first-order chi connectivity index (χ1) is 18.8. The first-order valence-corrected chi connectivity index (χ1v) is 12.7. The molecular formula is C29H28Cl4N4O4. The minimum atomic E-state index is -0.410. The fourth-order valence-corrected chi connectivity index (χ4v) is 4.45. The Morgan fingerprint density at radius 2 is 1.85 bits per heavy atom. The number of methoxy groups -OCH3 is 1. The second kappa shape index (κ2) is 15.4. The Morgan fingerprint density at radius 3 is 2.56 bits per heavy atom. The third-order valence-corrected chi connectivity index (χ3v) is 6.69. The highest BCUT2D eigenvalue weighted by atomic mass is 35.5. The Morgan fingerprint density at radius 1 is 1.07 bits per heavy atom. The molecule has 41 heavy (non-hydrogen) atoms. The molecule has 4 aromatic rings. The lowest BCUT2D eigenvalue weighted by Crippen LogP contribution is -2.37. The third kappa shape index (κ3) is 8.24. The zero-order chi connectivity index (χ0) is 27.9. The summed E-state index contributed by atoms with van der Waals surface area (Å²) in [6.45, 7) is 1.70. The highest BCUT2D eigenvalue weighted by molar-refractivity contribution is 6.38. The number of carbonyl (C=O) groups excluding carboxylic acids is 2. The molecule has 8 nitrogen and oxygen atoms in total. The van der Waals surface area contributed by atoms with E-state index < -0.39 is 5.91 Å². The molecule has 0 aliphatic carbocycles. The van der Waals surface area contributed by atoms with Gasteiger partial charge in [-0.15, -0.1) is 24.8 Å². The van der Waals surface area contributed by atoms with Gasteiger partial charge in [0, 0.05) is 53.2 Å². The highest BCUT2D eigenvalue weighted by Gasteiger charge is 2.19. The molecule has 0 saturated heterocycles. The van der Waals surface area contributed by atoms with Crippen LogP contribution in [0.1, 0.15) is 16.8 Å². The molecule has 2 aromatic carbocycles. The summed E-state index contributed by atoms with van der Waals surface area (Å²) in [4.78, 5) is 34.9. The summed E-state index contributed by atoms with van der Waals surface area (Å²) in [5.74, 6) is 0.460. The Hall–Kier alpha value is -3.56. The molecule has 0 spiro atoms. The lowest BCUT2D eigenvalue weighted by Gasteiger charge is -2.21. The average Bonchev–Trinajstić information content (AvgIpc) is 2.94. The van der Waals surface area contributed by atoms with Crippen molar-refractivity contribution in [2.75, 3.05) is 25.6 Å². The number of benzene rings is 2. The lowest BCUT2D eigenvalue weighted by molar-refractivity contribution is -0.122. The smallest absolute Gasteiger partial charge is 0.246 e. The fraction of sp³-hybridized carbons (Fsp3) is 0.172. The van der Waals surface area contributed by atoms with Gasteiger partial charge in [0.05, 0.1) is 24.4 Å². The number of para-hydroxylation sites is 1. The van der Waals surface area contributed by atoms with E-state index >= 15 is 0 Å². The first kappa shape index (κ1) is 33.6. The zero-order valence-corrected chi connectivity index (χ0v) is 25.5. The number of hydrogen-bond acceptors (Lipinski definition) is 6. The Bertz CT molecular complexity index is 1550. The van der Waals surface area contributed by atoms with Gasteiger partial charge in [-0.05, 0) is 48.9 Å². The van der Waals surface area contributed by atoms with Crippen LogP contribution in [0, 0.1) is 6.92 Å².